The summed E-state index contributed by atoms with van der Waals surface area (Å²) in [4.78, 5) is 16.7. The first-order valence-electron chi connectivity index (χ1n) is 8.27. The van der Waals surface area contributed by atoms with Crippen molar-refractivity contribution in [2.75, 3.05) is 11.1 Å². The van der Waals surface area contributed by atoms with Crippen LogP contribution in [0, 0.1) is 11.3 Å². The average molecular weight is 416 g/mol. The van der Waals surface area contributed by atoms with Gasteiger partial charge in [-0.15, -0.1) is 0 Å². The predicted molar refractivity (Wildman–Crippen MR) is 107 cm³/mol. The Morgan fingerprint density at radius 3 is 2.79 bits per heavy atom. The highest BCUT2D eigenvalue weighted by atomic mass is 32.2. The van der Waals surface area contributed by atoms with Gasteiger partial charge in [-0.2, -0.15) is 5.26 Å². The van der Waals surface area contributed by atoms with Crippen LogP contribution in [0.25, 0.3) is 11.0 Å². The summed E-state index contributed by atoms with van der Waals surface area (Å²) < 4.78 is 25.0. The maximum Gasteiger partial charge on any atom is 0.238 e. The van der Waals surface area contributed by atoms with Crippen LogP contribution in [0.1, 0.15) is 12.5 Å². The van der Waals surface area contributed by atoms with Crippen molar-refractivity contribution in [2.24, 2.45) is 5.14 Å². The van der Waals surface area contributed by atoms with E-state index in [1.165, 1.54) is 23.9 Å². The van der Waals surface area contributed by atoms with E-state index < -0.39 is 10.0 Å². The Hall–Kier alpha value is -2.87. The van der Waals surface area contributed by atoms with E-state index in [2.05, 4.69) is 10.3 Å². The van der Waals surface area contributed by atoms with Crippen LogP contribution in [0.15, 0.2) is 52.5 Å². The van der Waals surface area contributed by atoms with Gasteiger partial charge in [-0.1, -0.05) is 17.8 Å². The number of fused-ring (bicyclic) bond motifs is 1. The Morgan fingerprint density at radius 1 is 1.32 bits per heavy atom. The molecule has 2 aromatic carbocycles. The molecule has 1 aromatic heterocycles. The number of hydrogen-bond donors (Lipinski definition) is 2. The Balaban J connectivity index is 1.78. The maximum atomic E-state index is 12.2. The van der Waals surface area contributed by atoms with E-state index in [-0.39, 0.29) is 16.6 Å². The van der Waals surface area contributed by atoms with Gasteiger partial charge in [0.25, 0.3) is 0 Å². The number of carbonyl (C=O) groups excluding carboxylic acids is 1. The first-order chi connectivity index (χ1) is 13.3. The molecule has 0 spiro atoms. The molecule has 8 nitrogen and oxygen atoms in total. The molecule has 3 rings (SSSR count). The summed E-state index contributed by atoms with van der Waals surface area (Å²) in [7, 11) is -3.81. The zero-order valence-electron chi connectivity index (χ0n) is 14.9. The van der Waals surface area contributed by atoms with Gasteiger partial charge in [-0.25, -0.2) is 18.5 Å². The number of nitriles is 1. The van der Waals surface area contributed by atoms with E-state index >= 15 is 0 Å². The van der Waals surface area contributed by atoms with Gasteiger partial charge >= 0.3 is 0 Å². The lowest BCUT2D eigenvalue weighted by molar-refractivity contribution is -0.113. The highest BCUT2D eigenvalue weighted by Gasteiger charge is 2.15. The molecule has 0 aliphatic rings. The Morgan fingerprint density at radius 2 is 2.11 bits per heavy atom. The standard InChI is InChI=1S/C18H17N5O3S2/c1-2-23-16-7-6-14(28(20,25)26)9-15(16)22-18(23)27-11-17(24)21-13-5-3-4-12(8-13)10-19/h3-9H,2,11H2,1H3,(H,21,24)(H2,20,25,26). The minimum atomic E-state index is -3.81. The fraction of sp³-hybridized carbons (Fsp3) is 0.167. The second kappa shape index (κ2) is 8.02. The number of aryl methyl sites for hydroxylation is 1. The Labute approximate surface area is 166 Å². The van der Waals surface area contributed by atoms with Gasteiger partial charge in [0.15, 0.2) is 5.16 Å². The van der Waals surface area contributed by atoms with Crippen LogP contribution < -0.4 is 10.5 Å². The van der Waals surface area contributed by atoms with Gasteiger partial charge in [-0.3, -0.25) is 4.79 Å². The predicted octanol–water partition coefficient (Wildman–Crippen LogP) is 2.31. The largest absolute Gasteiger partial charge is 0.325 e. The van der Waals surface area contributed by atoms with Crippen molar-refractivity contribution in [2.45, 2.75) is 23.5 Å². The smallest absolute Gasteiger partial charge is 0.238 e. The second-order valence-electron chi connectivity index (χ2n) is 5.86. The topological polar surface area (TPSA) is 131 Å². The molecule has 0 aliphatic carbocycles. The summed E-state index contributed by atoms with van der Waals surface area (Å²) in [6.07, 6.45) is 0. The van der Waals surface area contributed by atoms with E-state index in [1.807, 2.05) is 17.6 Å². The monoisotopic (exact) mass is 415 g/mol. The summed E-state index contributed by atoms with van der Waals surface area (Å²) in [5.41, 5.74) is 2.27. The van der Waals surface area contributed by atoms with Crippen molar-refractivity contribution in [1.29, 1.82) is 5.26 Å². The molecular weight excluding hydrogens is 398 g/mol. The number of imidazole rings is 1. The molecule has 0 fully saturated rings. The van der Waals surface area contributed by atoms with Gasteiger partial charge in [0.1, 0.15) is 0 Å². The summed E-state index contributed by atoms with van der Waals surface area (Å²) in [6, 6.07) is 13.2. The molecule has 0 radical (unpaired) electrons. The van der Waals surface area contributed by atoms with Gasteiger partial charge in [0, 0.05) is 12.2 Å². The molecule has 28 heavy (non-hydrogen) atoms. The van der Waals surface area contributed by atoms with Crippen LogP contribution in [0.3, 0.4) is 0 Å². The fourth-order valence-electron chi connectivity index (χ4n) is 2.67. The molecule has 3 N–H and O–H groups in total. The number of nitrogens with two attached hydrogens (primary N) is 1. The summed E-state index contributed by atoms with van der Waals surface area (Å²) in [5.74, 6) is -0.123. The third-order valence-corrected chi connectivity index (χ3v) is 5.82. The highest BCUT2D eigenvalue weighted by Crippen LogP contribution is 2.26. The number of rotatable bonds is 6. The molecule has 0 bridgehead atoms. The molecule has 3 aromatic rings. The quantitative estimate of drug-likeness (QED) is 0.594. The number of aromatic nitrogens is 2. The molecule has 0 unspecified atom stereocenters. The molecule has 1 amide bonds. The number of carbonyl (C=O) groups is 1. The number of thioether (sulfide) groups is 1. The first-order valence-corrected chi connectivity index (χ1v) is 10.8. The van der Waals surface area contributed by atoms with E-state index in [9.17, 15) is 13.2 Å². The minimum absolute atomic E-state index is 0.00702. The van der Waals surface area contributed by atoms with Gasteiger partial charge in [-0.05, 0) is 43.3 Å². The fourth-order valence-corrected chi connectivity index (χ4v) is 4.09. The van der Waals surface area contributed by atoms with Crippen molar-refractivity contribution in [3.8, 4) is 6.07 Å². The minimum Gasteiger partial charge on any atom is -0.325 e. The number of anilines is 1. The lowest BCUT2D eigenvalue weighted by Crippen LogP contribution is -2.14. The van der Waals surface area contributed by atoms with Crippen molar-refractivity contribution in [3.63, 3.8) is 0 Å². The number of sulfonamides is 1. The van der Waals surface area contributed by atoms with E-state index in [0.29, 0.717) is 28.5 Å². The summed E-state index contributed by atoms with van der Waals surface area (Å²) in [6.45, 7) is 2.55. The molecule has 0 saturated carbocycles. The molecular formula is C18H17N5O3S2. The van der Waals surface area contributed by atoms with E-state index in [1.54, 1.807) is 30.3 Å². The number of amides is 1. The van der Waals surface area contributed by atoms with Crippen molar-refractivity contribution < 1.29 is 13.2 Å². The number of nitrogens with one attached hydrogen (secondary N) is 1. The van der Waals surface area contributed by atoms with Gasteiger partial charge in [0.2, 0.25) is 15.9 Å². The molecule has 144 valence electrons. The average Bonchev–Trinajstić information content (AvgIpc) is 3.02. The molecule has 1 heterocycles. The number of nitrogens with zero attached hydrogens (tertiary/aromatic N) is 3. The molecule has 0 atom stereocenters. The number of primary sulfonamides is 1. The van der Waals surface area contributed by atoms with Crippen LogP contribution >= 0.6 is 11.8 Å². The lowest BCUT2D eigenvalue weighted by Gasteiger charge is -2.07. The van der Waals surface area contributed by atoms with Crippen LogP contribution in [-0.4, -0.2) is 29.6 Å². The molecule has 10 heteroatoms. The summed E-state index contributed by atoms with van der Waals surface area (Å²) >= 11 is 1.24. The van der Waals surface area contributed by atoms with E-state index in [0.717, 1.165) is 5.52 Å². The van der Waals surface area contributed by atoms with Crippen LogP contribution in [0.2, 0.25) is 0 Å². The third kappa shape index (κ3) is 4.33. The van der Waals surface area contributed by atoms with Crippen LogP contribution in [0.4, 0.5) is 5.69 Å². The molecule has 0 aliphatic heterocycles. The van der Waals surface area contributed by atoms with Crippen LogP contribution in [0.5, 0.6) is 0 Å². The maximum absolute atomic E-state index is 12.2. The van der Waals surface area contributed by atoms with Gasteiger partial charge in [0.05, 0.1) is 33.3 Å². The van der Waals surface area contributed by atoms with E-state index in [4.69, 9.17) is 10.4 Å². The van der Waals surface area contributed by atoms with Crippen molar-refractivity contribution in [1.82, 2.24) is 9.55 Å². The van der Waals surface area contributed by atoms with Crippen molar-refractivity contribution >= 4 is 44.4 Å². The second-order valence-corrected chi connectivity index (χ2v) is 8.37. The Kier molecular flexibility index (Phi) is 5.69. The lowest BCUT2D eigenvalue weighted by atomic mass is 10.2. The molecule has 0 saturated heterocycles. The Bertz CT molecular complexity index is 1200. The SMILES string of the molecule is CCn1c(SCC(=O)Nc2cccc(C#N)c2)nc2cc(S(N)(=O)=O)ccc21. The summed E-state index contributed by atoms with van der Waals surface area (Å²) in [5, 5.41) is 17.4. The first kappa shape index (κ1) is 19.9. The highest BCUT2D eigenvalue weighted by molar-refractivity contribution is 7.99. The number of hydrogen-bond acceptors (Lipinski definition) is 6. The zero-order valence-corrected chi connectivity index (χ0v) is 16.5. The zero-order chi connectivity index (χ0) is 20.3. The third-order valence-electron chi connectivity index (χ3n) is 3.94. The van der Waals surface area contributed by atoms with Crippen LogP contribution in [-0.2, 0) is 21.4 Å². The van der Waals surface area contributed by atoms with Gasteiger partial charge < -0.3 is 9.88 Å². The van der Waals surface area contributed by atoms with Crippen molar-refractivity contribution in [3.05, 3.63) is 48.0 Å². The number of benzene rings is 2. The normalized spacial score (nSPS) is 11.3.